The zero-order chi connectivity index (χ0) is 11.8. The van der Waals surface area contributed by atoms with Crippen LogP contribution in [0.15, 0.2) is 0 Å². The van der Waals surface area contributed by atoms with Gasteiger partial charge in [-0.3, -0.25) is 4.90 Å². The molecular weight excluding hydrogens is 218 g/mol. The minimum atomic E-state index is -0.214. The first-order valence-corrected chi connectivity index (χ1v) is 6.41. The van der Waals surface area contributed by atoms with E-state index in [0.717, 1.165) is 31.9 Å². The second-order valence-corrected chi connectivity index (χ2v) is 5.34. The van der Waals surface area contributed by atoms with Crippen LogP contribution in [0.3, 0.4) is 0 Å². The average molecular weight is 237 g/mol. The van der Waals surface area contributed by atoms with E-state index in [9.17, 15) is 5.11 Å². The van der Waals surface area contributed by atoms with Gasteiger partial charge < -0.3 is 5.11 Å². The zero-order valence-corrected chi connectivity index (χ0v) is 10.2. The maximum Gasteiger partial charge on any atom is 0.165 e. The van der Waals surface area contributed by atoms with Crippen molar-refractivity contribution >= 4 is 0 Å². The lowest BCUT2D eigenvalue weighted by atomic mass is 9.96. The van der Waals surface area contributed by atoms with E-state index in [1.165, 1.54) is 12.8 Å². The first kappa shape index (κ1) is 11.1. The van der Waals surface area contributed by atoms with Gasteiger partial charge in [-0.25, -0.2) is 4.68 Å². The molecule has 1 saturated heterocycles. The molecule has 1 aromatic heterocycles. The quantitative estimate of drug-likeness (QED) is 0.814. The lowest BCUT2D eigenvalue weighted by molar-refractivity contribution is 0.0243. The first-order chi connectivity index (χ1) is 8.24. The van der Waals surface area contributed by atoms with Crippen molar-refractivity contribution in [1.82, 2.24) is 25.1 Å². The number of piperidine rings is 1. The molecule has 2 fully saturated rings. The van der Waals surface area contributed by atoms with Crippen molar-refractivity contribution in [2.75, 3.05) is 13.1 Å². The van der Waals surface area contributed by atoms with Crippen LogP contribution >= 0.6 is 0 Å². The molecule has 2 aliphatic rings. The van der Waals surface area contributed by atoms with Crippen molar-refractivity contribution in [2.24, 2.45) is 5.92 Å². The number of aromatic nitrogens is 4. The van der Waals surface area contributed by atoms with Gasteiger partial charge in [0, 0.05) is 6.54 Å². The van der Waals surface area contributed by atoms with Crippen molar-refractivity contribution in [3.05, 3.63) is 5.82 Å². The molecule has 94 valence electrons. The molecule has 1 saturated carbocycles. The van der Waals surface area contributed by atoms with E-state index in [4.69, 9.17) is 0 Å². The summed E-state index contributed by atoms with van der Waals surface area (Å²) in [5.74, 6) is 1.35. The Morgan fingerprint density at radius 1 is 1.35 bits per heavy atom. The highest BCUT2D eigenvalue weighted by atomic mass is 16.3. The number of aliphatic hydroxyl groups is 1. The van der Waals surface area contributed by atoms with Crippen LogP contribution in [0.1, 0.15) is 38.1 Å². The lowest BCUT2D eigenvalue weighted by Crippen LogP contribution is -2.42. The van der Waals surface area contributed by atoms with Gasteiger partial charge in [0.15, 0.2) is 5.82 Å². The van der Waals surface area contributed by atoms with E-state index < -0.39 is 0 Å². The Labute approximate surface area is 101 Å². The molecule has 6 nitrogen and oxygen atoms in total. The zero-order valence-electron chi connectivity index (χ0n) is 10.2. The maximum atomic E-state index is 9.87. The highest BCUT2D eigenvalue weighted by molar-refractivity contribution is 4.91. The SMILES string of the molecule is CC1CCN(Cc2nnnn2C2CC2)CC1O. The summed E-state index contributed by atoms with van der Waals surface area (Å²) < 4.78 is 1.95. The number of tetrazole rings is 1. The Morgan fingerprint density at radius 3 is 2.88 bits per heavy atom. The molecule has 0 aromatic carbocycles. The number of nitrogens with zero attached hydrogens (tertiary/aromatic N) is 5. The van der Waals surface area contributed by atoms with Crippen LogP contribution in [-0.4, -0.2) is 49.4 Å². The minimum absolute atomic E-state index is 0.214. The second-order valence-electron chi connectivity index (χ2n) is 5.34. The highest BCUT2D eigenvalue weighted by Gasteiger charge is 2.30. The van der Waals surface area contributed by atoms with E-state index in [0.29, 0.717) is 12.0 Å². The summed E-state index contributed by atoms with van der Waals surface area (Å²) in [7, 11) is 0. The summed E-state index contributed by atoms with van der Waals surface area (Å²) in [5, 5.41) is 21.8. The Kier molecular flexibility index (Phi) is 2.84. The molecule has 0 radical (unpaired) electrons. The molecule has 6 heteroatoms. The molecule has 0 bridgehead atoms. The number of likely N-dealkylation sites (tertiary alicyclic amines) is 1. The van der Waals surface area contributed by atoms with Crippen LogP contribution in [0.2, 0.25) is 0 Å². The molecular formula is C11H19N5O. The fourth-order valence-corrected chi connectivity index (χ4v) is 2.38. The van der Waals surface area contributed by atoms with Crippen molar-refractivity contribution in [2.45, 2.75) is 44.9 Å². The van der Waals surface area contributed by atoms with Crippen LogP contribution in [0.5, 0.6) is 0 Å². The van der Waals surface area contributed by atoms with Crippen molar-refractivity contribution < 1.29 is 5.11 Å². The van der Waals surface area contributed by atoms with Crippen LogP contribution in [0.25, 0.3) is 0 Å². The Balaban J connectivity index is 1.64. The van der Waals surface area contributed by atoms with Crippen LogP contribution < -0.4 is 0 Å². The molecule has 2 heterocycles. The van der Waals surface area contributed by atoms with Crippen LogP contribution in [0, 0.1) is 5.92 Å². The predicted molar refractivity (Wildman–Crippen MR) is 61.2 cm³/mol. The number of aliphatic hydroxyl groups excluding tert-OH is 1. The minimum Gasteiger partial charge on any atom is -0.392 e. The molecule has 0 spiro atoms. The van der Waals surface area contributed by atoms with Gasteiger partial charge in [-0.2, -0.15) is 0 Å². The van der Waals surface area contributed by atoms with E-state index >= 15 is 0 Å². The Bertz CT molecular complexity index is 389. The second kappa shape index (κ2) is 4.34. The topological polar surface area (TPSA) is 67.1 Å². The normalized spacial score (nSPS) is 30.7. The standard InChI is InChI=1S/C11H19N5O/c1-8-4-5-15(6-10(8)17)7-11-12-13-14-16(11)9-2-3-9/h8-10,17H,2-7H2,1H3. The monoisotopic (exact) mass is 237 g/mol. The molecule has 2 atom stereocenters. The van der Waals surface area contributed by atoms with Gasteiger partial charge in [0.1, 0.15) is 0 Å². The first-order valence-electron chi connectivity index (χ1n) is 6.41. The fraction of sp³-hybridized carbons (Fsp3) is 0.909. The summed E-state index contributed by atoms with van der Waals surface area (Å²) in [5.41, 5.74) is 0. The highest BCUT2D eigenvalue weighted by Crippen LogP contribution is 2.34. The number of β-amino-alcohol motifs (C(OH)–C–C–N with tert-alkyl or cyclic N) is 1. The number of rotatable bonds is 3. The van der Waals surface area contributed by atoms with Gasteiger partial charge in [-0.05, 0) is 42.2 Å². The van der Waals surface area contributed by atoms with Gasteiger partial charge in [-0.15, -0.1) is 5.10 Å². The van der Waals surface area contributed by atoms with Gasteiger partial charge >= 0.3 is 0 Å². The van der Waals surface area contributed by atoms with E-state index in [-0.39, 0.29) is 6.10 Å². The largest absolute Gasteiger partial charge is 0.392 e. The Morgan fingerprint density at radius 2 is 2.18 bits per heavy atom. The van der Waals surface area contributed by atoms with E-state index in [1.807, 2.05) is 4.68 Å². The molecule has 17 heavy (non-hydrogen) atoms. The summed E-state index contributed by atoms with van der Waals surface area (Å²) in [6.45, 7) is 4.62. The number of hydrogen-bond donors (Lipinski definition) is 1. The molecule has 1 N–H and O–H groups in total. The molecule has 3 rings (SSSR count). The summed E-state index contributed by atoms with van der Waals surface area (Å²) in [4.78, 5) is 2.25. The molecule has 1 aliphatic heterocycles. The van der Waals surface area contributed by atoms with Crippen LogP contribution in [0.4, 0.5) is 0 Å². The van der Waals surface area contributed by atoms with Gasteiger partial charge in [0.25, 0.3) is 0 Å². The van der Waals surface area contributed by atoms with E-state index in [1.54, 1.807) is 0 Å². The molecule has 1 aliphatic carbocycles. The third kappa shape index (κ3) is 2.32. The van der Waals surface area contributed by atoms with Crippen LogP contribution in [-0.2, 0) is 6.54 Å². The van der Waals surface area contributed by atoms with Crippen molar-refractivity contribution in [3.8, 4) is 0 Å². The predicted octanol–water partition coefficient (Wildman–Crippen LogP) is 0.211. The molecule has 2 unspecified atom stereocenters. The smallest absolute Gasteiger partial charge is 0.165 e. The van der Waals surface area contributed by atoms with Gasteiger partial charge in [0.05, 0.1) is 18.7 Å². The summed E-state index contributed by atoms with van der Waals surface area (Å²) >= 11 is 0. The van der Waals surface area contributed by atoms with Crippen molar-refractivity contribution in [1.29, 1.82) is 0 Å². The fourth-order valence-electron chi connectivity index (χ4n) is 2.38. The average Bonchev–Trinajstić information content (AvgIpc) is 3.05. The maximum absolute atomic E-state index is 9.87. The lowest BCUT2D eigenvalue weighted by Gasteiger charge is -2.33. The Hall–Kier alpha value is -1.01. The third-order valence-electron chi connectivity index (χ3n) is 3.82. The van der Waals surface area contributed by atoms with E-state index in [2.05, 4.69) is 27.3 Å². The number of hydrogen-bond acceptors (Lipinski definition) is 5. The third-order valence-corrected chi connectivity index (χ3v) is 3.82. The van der Waals surface area contributed by atoms with Crippen molar-refractivity contribution in [3.63, 3.8) is 0 Å². The summed E-state index contributed by atoms with van der Waals surface area (Å²) in [6.07, 6.45) is 3.22. The van der Waals surface area contributed by atoms with Gasteiger partial charge in [0.2, 0.25) is 0 Å². The molecule has 1 aromatic rings. The van der Waals surface area contributed by atoms with Gasteiger partial charge in [-0.1, -0.05) is 6.92 Å². The molecule has 0 amide bonds. The summed E-state index contributed by atoms with van der Waals surface area (Å²) in [6, 6.07) is 0.522.